The SMILES string of the molecule is O=C(/C=C/c1cnc2ccccc2n1)NCCc1ccc(F)c(Br)c1. The van der Waals surface area contributed by atoms with Gasteiger partial charge in [0.25, 0.3) is 0 Å². The monoisotopic (exact) mass is 399 g/mol. The fourth-order valence-electron chi connectivity index (χ4n) is 2.30. The number of carbonyl (C=O) groups is 1. The molecule has 0 bridgehead atoms. The summed E-state index contributed by atoms with van der Waals surface area (Å²) in [7, 11) is 0. The van der Waals surface area contributed by atoms with E-state index in [2.05, 4.69) is 31.2 Å². The second kappa shape index (κ2) is 7.98. The highest BCUT2D eigenvalue weighted by atomic mass is 79.9. The maximum absolute atomic E-state index is 13.2. The Kier molecular flexibility index (Phi) is 5.50. The number of aromatic nitrogens is 2. The van der Waals surface area contributed by atoms with Crippen LogP contribution in [0.5, 0.6) is 0 Å². The standard InChI is InChI=1S/C19H15BrFN3O/c20-15-11-13(5-7-16(15)21)9-10-22-19(25)8-6-14-12-23-17-3-1-2-4-18(17)24-14/h1-8,11-12H,9-10H2,(H,22,25)/b8-6+. The minimum Gasteiger partial charge on any atom is -0.352 e. The Labute approximate surface area is 152 Å². The summed E-state index contributed by atoms with van der Waals surface area (Å²) in [5, 5.41) is 2.79. The quantitative estimate of drug-likeness (QED) is 0.661. The van der Waals surface area contributed by atoms with Crippen LogP contribution in [0, 0.1) is 5.82 Å². The largest absolute Gasteiger partial charge is 0.352 e. The Morgan fingerprint density at radius 1 is 1.20 bits per heavy atom. The molecule has 1 N–H and O–H groups in total. The third-order valence-electron chi connectivity index (χ3n) is 3.57. The Morgan fingerprint density at radius 2 is 2.00 bits per heavy atom. The number of fused-ring (bicyclic) bond motifs is 1. The fourth-order valence-corrected chi connectivity index (χ4v) is 2.72. The molecule has 4 nitrogen and oxygen atoms in total. The van der Waals surface area contributed by atoms with Crippen LogP contribution in [-0.4, -0.2) is 22.4 Å². The molecule has 0 saturated carbocycles. The van der Waals surface area contributed by atoms with Crippen LogP contribution in [0.25, 0.3) is 17.1 Å². The van der Waals surface area contributed by atoms with Crippen LogP contribution in [0.4, 0.5) is 4.39 Å². The molecule has 1 aromatic heterocycles. The van der Waals surface area contributed by atoms with Gasteiger partial charge in [0, 0.05) is 12.6 Å². The fraction of sp³-hybridized carbons (Fsp3) is 0.105. The molecule has 0 radical (unpaired) electrons. The highest BCUT2D eigenvalue weighted by Crippen LogP contribution is 2.16. The van der Waals surface area contributed by atoms with Crippen LogP contribution in [0.2, 0.25) is 0 Å². The number of hydrogen-bond donors (Lipinski definition) is 1. The van der Waals surface area contributed by atoms with Gasteiger partial charge in [-0.05, 0) is 58.3 Å². The molecule has 0 aliphatic rings. The van der Waals surface area contributed by atoms with E-state index in [1.807, 2.05) is 24.3 Å². The van der Waals surface area contributed by atoms with Gasteiger partial charge in [-0.3, -0.25) is 9.78 Å². The summed E-state index contributed by atoms with van der Waals surface area (Å²) in [5.74, 6) is -0.511. The lowest BCUT2D eigenvalue weighted by Crippen LogP contribution is -2.23. The van der Waals surface area contributed by atoms with Gasteiger partial charge < -0.3 is 5.32 Å². The average molecular weight is 400 g/mol. The van der Waals surface area contributed by atoms with Crippen molar-refractivity contribution in [3.05, 3.63) is 76.3 Å². The van der Waals surface area contributed by atoms with Crippen molar-refractivity contribution in [3.8, 4) is 0 Å². The van der Waals surface area contributed by atoms with E-state index in [0.29, 0.717) is 23.1 Å². The number of carbonyl (C=O) groups excluding carboxylic acids is 1. The van der Waals surface area contributed by atoms with Gasteiger partial charge in [0.2, 0.25) is 5.91 Å². The van der Waals surface area contributed by atoms with Crippen LogP contribution in [-0.2, 0) is 11.2 Å². The summed E-state index contributed by atoms with van der Waals surface area (Å²) in [6.07, 6.45) is 5.30. The minimum atomic E-state index is -0.299. The molecule has 25 heavy (non-hydrogen) atoms. The summed E-state index contributed by atoms with van der Waals surface area (Å²) in [4.78, 5) is 20.6. The molecule has 6 heteroatoms. The van der Waals surface area contributed by atoms with Crippen molar-refractivity contribution in [1.82, 2.24) is 15.3 Å². The molecule has 0 aliphatic heterocycles. The van der Waals surface area contributed by atoms with Crippen molar-refractivity contribution in [2.24, 2.45) is 0 Å². The first-order valence-corrected chi connectivity index (χ1v) is 8.53. The lowest BCUT2D eigenvalue weighted by molar-refractivity contribution is -0.116. The lowest BCUT2D eigenvalue weighted by atomic mass is 10.1. The van der Waals surface area contributed by atoms with Crippen LogP contribution < -0.4 is 5.32 Å². The van der Waals surface area contributed by atoms with E-state index in [-0.39, 0.29) is 11.7 Å². The van der Waals surface area contributed by atoms with Gasteiger partial charge in [0.15, 0.2) is 0 Å². The second-order valence-electron chi connectivity index (χ2n) is 5.41. The number of amides is 1. The third kappa shape index (κ3) is 4.70. The molecule has 0 fully saturated rings. The van der Waals surface area contributed by atoms with Gasteiger partial charge in [-0.2, -0.15) is 0 Å². The first-order valence-electron chi connectivity index (χ1n) is 7.73. The summed E-state index contributed by atoms with van der Waals surface area (Å²) >= 11 is 3.15. The molecule has 1 amide bonds. The Hall–Kier alpha value is -2.60. The maximum Gasteiger partial charge on any atom is 0.244 e. The van der Waals surface area contributed by atoms with Crippen molar-refractivity contribution in [1.29, 1.82) is 0 Å². The summed E-state index contributed by atoms with van der Waals surface area (Å²) in [5.41, 5.74) is 3.16. The number of benzene rings is 2. The molecule has 3 rings (SSSR count). The molecule has 126 valence electrons. The van der Waals surface area contributed by atoms with Crippen molar-refractivity contribution in [3.63, 3.8) is 0 Å². The first kappa shape index (κ1) is 17.2. The van der Waals surface area contributed by atoms with Crippen molar-refractivity contribution in [2.75, 3.05) is 6.54 Å². The molecule has 1 heterocycles. The van der Waals surface area contributed by atoms with Gasteiger partial charge >= 0.3 is 0 Å². The molecule has 3 aromatic rings. The van der Waals surface area contributed by atoms with Gasteiger partial charge in [-0.25, -0.2) is 9.37 Å². The zero-order valence-corrected chi connectivity index (χ0v) is 14.8. The minimum absolute atomic E-state index is 0.212. The predicted molar refractivity (Wildman–Crippen MR) is 99.4 cm³/mol. The zero-order valence-electron chi connectivity index (χ0n) is 13.2. The molecular formula is C19H15BrFN3O. The number of halogens is 2. The van der Waals surface area contributed by atoms with Crippen LogP contribution in [0.1, 0.15) is 11.3 Å². The Morgan fingerprint density at radius 3 is 2.80 bits per heavy atom. The predicted octanol–water partition coefficient (Wildman–Crippen LogP) is 3.90. The highest BCUT2D eigenvalue weighted by molar-refractivity contribution is 9.10. The van der Waals surface area contributed by atoms with E-state index < -0.39 is 0 Å². The van der Waals surface area contributed by atoms with Crippen molar-refractivity contribution in [2.45, 2.75) is 6.42 Å². The van der Waals surface area contributed by atoms with E-state index in [4.69, 9.17) is 0 Å². The number of rotatable bonds is 5. The summed E-state index contributed by atoms with van der Waals surface area (Å²) < 4.78 is 13.6. The molecule has 2 aromatic carbocycles. The zero-order chi connectivity index (χ0) is 17.6. The molecule has 0 saturated heterocycles. The highest BCUT2D eigenvalue weighted by Gasteiger charge is 2.02. The van der Waals surface area contributed by atoms with Gasteiger partial charge in [-0.1, -0.05) is 18.2 Å². The third-order valence-corrected chi connectivity index (χ3v) is 4.18. The smallest absolute Gasteiger partial charge is 0.244 e. The number of nitrogens with zero attached hydrogens (tertiary/aromatic N) is 2. The van der Waals surface area contributed by atoms with Gasteiger partial charge in [-0.15, -0.1) is 0 Å². The van der Waals surface area contributed by atoms with E-state index in [0.717, 1.165) is 16.6 Å². The summed E-state index contributed by atoms with van der Waals surface area (Å²) in [6.45, 7) is 0.463. The number of nitrogens with one attached hydrogen (secondary N) is 1. The normalized spacial score (nSPS) is 11.1. The molecular weight excluding hydrogens is 385 g/mol. The van der Waals surface area contributed by atoms with Crippen molar-refractivity contribution < 1.29 is 9.18 Å². The second-order valence-corrected chi connectivity index (χ2v) is 6.26. The van der Waals surface area contributed by atoms with Crippen LogP contribution >= 0.6 is 15.9 Å². The average Bonchev–Trinajstić information content (AvgIpc) is 2.63. The van der Waals surface area contributed by atoms with E-state index in [1.54, 1.807) is 24.4 Å². The number of hydrogen-bond acceptors (Lipinski definition) is 3. The van der Waals surface area contributed by atoms with Crippen LogP contribution in [0.15, 0.2) is 59.2 Å². The molecule has 0 spiro atoms. The van der Waals surface area contributed by atoms with Crippen LogP contribution in [0.3, 0.4) is 0 Å². The molecule has 0 aliphatic carbocycles. The maximum atomic E-state index is 13.2. The lowest BCUT2D eigenvalue weighted by Gasteiger charge is -2.04. The van der Waals surface area contributed by atoms with E-state index in [1.165, 1.54) is 12.1 Å². The number of para-hydroxylation sites is 2. The van der Waals surface area contributed by atoms with E-state index in [9.17, 15) is 9.18 Å². The first-order chi connectivity index (χ1) is 12.1. The Balaban J connectivity index is 1.54. The van der Waals surface area contributed by atoms with Gasteiger partial charge in [0.05, 0.1) is 27.4 Å². The van der Waals surface area contributed by atoms with Crippen molar-refractivity contribution >= 4 is 38.9 Å². The topological polar surface area (TPSA) is 54.9 Å². The summed E-state index contributed by atoms with van der Waals surface area (Å²) in [6, 6.07) is 12.4. The van der Waals surface area contributed by atoms with E-state index >= 15 is 0 Å². The Bertz CT molecular complexity index is 943. The molecule has 0 atom stereocenters. The molecule has 0 unspecified atom stereocenters. The van der Waals surface area contributed by atoms with Gasteiger partial charge in [0.1, 0.15) is 5.82 Å².